The van der Waals surface area contributed by atoms with Gasteiger partial charge in [-0.2, -0.15) is 0 Å². The van der Waals surface area contributed by atoms with Gasteiger partial charge in [0, 0.05) is 30.8 Å². The number of fused-ring (bicyclic) bond motifs is 1. The first-order valence-electron chi connectivity index (χ1n) is 7.30. The predicted octanol–water partition coefficient (Wildman–Crippen LogP) is 3.16. The van der Waals surface area contributed by atoms with Crippen LogP contribution in [0.25, 0.3) is 4.96 Å². The molecule has 0 atom stereocenters. The number of aryl methyl sites for hydroxylation is 2. The van der Waals surface area contributed by atoms with E-state index in [0.29, 0.717) is 5.92 Å². The molecule has 0 unspecified atom stereocenters. The van der Waals surface area contributed by atoms with Gasteiger partial charge in [0.1, 0.15) is 0 Å². The van der Waals surface area contributed by atoms with Crippen LogP contribution in [0.4, 0.5) is 0 Å². The van der Waals surface area contributed by atoms with Gasteiger partial charge in [-0.3, -0.25) is 4.40 Å². The van der Waals surface area contributed by atoms with Gasteiger partial charge in [0.2, 0.25) is 0 Å². The van der Waals surface area contributed by atoms with E-state index in [1.807, 2.05) is 0 Å². The average Bonchev–Trinajstić information content (AvgIpc) is 2.89. The van der Waals surface area contributed by atoms with Crippen LogP contribution in [0, 0.1) is 19.8 Å². The monoisotopic (exact) mass is 295 g/mol. The number of aromatic nitrogens is 2. The Morgan fingerprint density at radius 2 is 2.15 bits per heavy atom. The largest absolute Gasteiger partial charge is 0.380 e. The van der Waals surface area contributed by atoms with Crippen LogP contribution in [-0.4, -0.2) is 29.1 Å². The van der Waals surface area contributed by atoms with Crippen molar-refractivity contribution in [3.8, 4) is 0 Å². The molecule has 0 aromatic carbocycles. The van der Waals surface area contributed by atoms with Crippen molar-refractivity contribution in [2.75, 3.05) is 19.8 Å². The zero-order valence-corrected chi connectivity index (χ0v) is 13.7. The summed E-state index contributed by atoms with van der Waals surface area (Å²) in [5.74, 6) is 0.715. The maximum atomic E-state index is 5.61. The molecule has 0 saturated heterocycles. The topological polar surface area (TPSA) is 38.6 Å². The zero-order valence-electron chi connectivity index (χ0n) is 12.9. The van der Waals surface area contributed by atoms with Crippen molar-refractivity contribution >= 4 is 16.3 Å². The molecule has 2 aromatic rings. The van der Waals surface area contributed by atoms with Gasteiger partial charge in [0.05, 0.1) is 18.0 Å². The fourth-order valence-corrected chi connectivity index (χ4v) is 3.08. The van der Waals surface area contributed by atoms with Gasteiger partial charge in [0.25, 0.3) is 0 Å². The highest BCUT2D eigenvalue weighted by Gasteiger charge is 2.11. The van der Waals surface area contributed by atoms with Gasteiger partial charge in [-0.05, 0) is 26.2 Å². The zero-order chi connectivity index (χ0) is 14.5. The molecule has 20 heavy (non-hydrogen) atoms. The molecule has 0 aliphatic rings. The highest BCUT2D eigenvalue weighted by Crippen LogP contribution is 2.20. The van der Waals surface area contributed by atoms with Crippen molar-refractivity contribution in [2.24, 2.45) is 5.92 Å². The molecule has 2 aromatic heterocycles. The summed E-state index contributed by atoms with van der Waals surface area (Å²) in [6.07, 6.45) is 1.14. The third-order valence-corrected chi connectivity index (χ3v) is 4.33. The molecule has 0 aliphatic heterocycles. The Bertz CT molecular complexity index is 545. The first-order chi connectivity index (χ1) is 9.59. The van der Waals surface area contributed by atoms with Crippen molar-refractivity contribution in [1.82, 2.24) is 14.7 Å². The van der Waals surface area contributed by atoms with E-state index in [1.54, 1.807) is 11.3 Å². The predicted molar refractivity (Wildman–Crippen MR) is 84.5 cm³/mol. The Labute approximate surface area is 125 Å². The second-order valence-corrected chi connectivity index (χ2v) is 6.45. The van der Waals surface area contributed by atoms with E-state index in [2.05, 4.69) is 47.8 Å². The quantitative estimate of drug-likeness (QED) is 0.760. The molecular formula is C15H25N3OS. The molecular weight excluding hydrogens is 270 g/mol. The highest BCUT2D eigenvalue weighted by molar-refractivity contribution is 7.15. The summed E-state index contributed by atoms with van der Waals surface area (Å²) in [6.45, 7) is 12.0. The fraction of sp³-hybridized carbons (Fsp3) is 0.667. The molecule has 0 spiro atoms. The Morgan fingerprint density at radius 3 is 2.90 bits per heavy atom. The minimum absolute atomic E-state index is 0.715. The SMILES string of the molecule is Cc1nc2scc(C)n2c1CNCCOCCC(C)C. The number of nitrogens with zero attached hydrogens (tertiary/aromatic N) is 2. The molecule has 0 bridgehead atoms. The van der Waals surface area contributed by atoms with Crippen molar-refractivity contribution < 1.29 is 4.74 Å². The van der Waals surface area contributed by atoms with Crippen LogP contribution >= 0.6 is 11.3 Å². The lowest BCUT2D eigenvalue weighted by Crippen LogP contribution is -2.21. The number of ether oxygens (including phenoxy) is 1. The molecule has 112 valence electrons. The number of rotatable bonds is 8. The summed E-state index contributed by atoms with van der Waals surface area (Å²) >= 11 is 1.70. The Morgan fingerprint density at radius 1 is 1.35 bits per heavy atom. The highest BCUT2D eigenvalue weighted by atomic mass is 32.1. The molecule has 0 saturated carbocycles. The third kappa shape index (κ3) is 3.81. The van der Waals surface area contributed by atoms with E-state index < -0.39 is 0 Å². The Kier molecular flexibility index (Phi) is 5.57. The third-order valence-electron chi connectivity index (χ3n) is 3.38. The van der Waals surface area contributed by atoms with Crippen molar-refractivity contribution in [3.63, 3.8) is 0 Å². The average molecular weight is 295 g/mol. The second kappa shape index (κ2) is 7.20. The molecule has 0 amide bonds. The minimum atomic E-state index is 0.715. The van der Waals surface area contributed by atoms with E-state index in [9.17, 15) is 0 Å². The van der Waals surface area contributed by atoms with Crippen LogP contribution in [0.5, 0.6) is 0 Å². The molecule has 0 aliphatic carbocycles. The maximum absolute atomic E-state index is 5.61. The summed E-state index contributed by atoms with van der Waals surface area (Å²) in [7, 11) is 0. The van der Waals surface area contributed by atoms with Crippen LogP contribution in [0.1, 0.15) is 37.4 Å². The normalized spacial score (nSPS) is 11.8. The summed E-state index contributed by atoms with van der Waals surface area (Å²) in [5, 5.41) is 5.60. The van der Waals surface area contributed by atoms with Crippen LogP contribution in [0.15, 0.2) is 5.38 Å². The second-order valence-electron chi connectivity index (χ2n) is 5.61. The van der Waals surface area contributed by atoms with E-state index >= 15 is 0 Å². The standard InChI is InChI=1S/C15H25N3OS/c1-11(2)5-7-19-8-6-16-9-14-13(4)17-15-18(14)12(3)10-20-15/h10-11,16H,5-9H2,1-4H3. The van der Waals surface area contributed by atoms with Crippen LogP contribution in [0.3, 0.4) is 0 Å². The molecule has 0 fully saturated rings. The summed E-state index contributed by atoms with van der Waals surface area (Å²) in [5.41, 5.74) is 3.64. The van der Waals surface area contributed by atoms with Crippen LogP contribution in [0.2, 0.25) is 0 Å². The molecule has 5 heteroatoms. The van der Waals surface area contributed by atoms with Crippen LogP contribution in [-0.2, 0) is 11.3 Å². The first kappa shape index (κ1) is 15.5. The summed E-state index contributed by atoms with van der Waals surface area (Å²) in [4.78, 5) is 5.68. The van der Waals surface area contributed by atoms with Gasteiger partial charge in [-0.1, -0.05) is 13.8 Å². The minimum Gasteiger partial charge on any atom is -0.380 e. The van der Waals surface area contributed by atoms with E-state index in [1.165, 1.54) is 11.4 Å². The Hall–Kier alpha value is -0.910. The van der Waals surface area contributed by atoms with Crippen LogP contribution < -0.4 is 5.32 Å². The molecule has 1 N–H and O–H groups in total. The molecule has 2 heterocycles. The van der Waals surface area contributed by atoms with Crippen molar-refractivity contribution in [2.45, 2.75) is 40.7 Å². The smallest absolute Gasteiger partial charge is 0.194 e. The first-order valence-corrected chi connectivity index (χ1v) is 8.18. The van der Waals surface area contributed by atoms with Gasteiger partial charge < -0.3 is 10.1 Å². The summed E-state index contributed by atoms with van der Waals surface area (Å²) in [6, 6.07) is 0. The number of nitrogens with one attached hydrogen (secondary N) is 1. The number of imidazole rings is 1. The van der Waals surface area contributed by atoms with Crippen molar-refractivity contribution in [3.05, 3.63) is 22.5 Å². The number of hydrogen-bond acceptors (Lipinski definition) is 4. The van der Waals surface area contributed by atoms with Gasteiger partial charge in [-0.15, -0.1) is 11.3 Å². The van der Waals surface area contributed by atoms with Gasteiger partial charge in [0.15, 0.2) is 4.96 Å². The van der Waals surface area contributed by atoms with Gasteiger partial charge in [-0.25, -0.2) is 4.98 Å². The number of thiazole rings is 1. The Balaban J connectivity index is 1.76. The lowest BCUT2D eigenvalue weighted by atomic mass is 10.1. The number of hydrogen-bond donors (Lipinski definition) is 1. The lowest BCUT2D eigenvalue weighted by Gasteiger charge is -2.08. The maximum Gasteiger partial charge on any atom is 0.194 e. The summed E-state index contributed by atoms with van der Waals surface area (Å²) < 4.78 is 7.85. The molecule has 0 radical (unpaired) electrons. The van der Waals surface area contributed by atoms with Crippen molar-refractivity contribution in [1.29, 1.82) is 0 Å². The van der Waals surface area contributed by atoms with E-state index in [-0.39, 0.29) is 0 Å². The van der Waals surface area contributed by atoms with E-state index in [4.69, 9.17) is 4.74 Å². The fourth-order valence-electron chi connectivity index (χ4n) is 2.15. The molecule has 4 nitrogen and oxygen atoms in total. The van der Waals surface area contributed by atoms with E-state index in [0.717, 1.165) is 43.4 Å². The lowest BCUT2D eigenvalue weighted by molar-refractivity contribution is 0.125. The molecule has 2 rings (SSSR count). The van der Waals surface area contributed by atoms with Gasteiger partial charge >= 0.3 is 0 Å².